The predicted octanol–water partition coefficient (Wildman–Crippen LogP) is 7.61. The molecule has 0 aliphatic carbocycles. The number of aliphatic carboxylic acids is 1. The first-order valence-electron chi connectivity index (χ1n) is 21.5. The number of nitrogens with two attached hydrogens (primary N) is 1. The summed E-state index contributed by atoms with van der Waals surface area (Å²) in [5.74, 6) is -6.15. The molecule has 62 heavy (non-hydrogen) atoms. The fourth-order valence-corrected chi connectivity index (χ4v) is 8.03. The molecule has 4 bridgehead atoms. The van der Waals surface area contributed by atoms with Gasteiger partial charge in [0.05, 0.1) is 0 Å². The second-order valence-corrected chi connectivity index (χ2v) is 16.7. The molecule has 4 aromatic carbocycles. The molecule has 12 nitrogen and oxygen atoms in total. The standard InChI is InChI=1S/C50H59N3O9/c1-5-6-8-32-11-14-34(15-12-32)35-16-18-36(19-17-35)42(54)21-10-30(2)45(57)29-38(9-7-24-51)49(60)53(4)47-37-20-23-44(56)40(28-37)39-26-33(13-22-43(39)55)27-41(50(61)62)52-48(59)31(3)25-46(47)58/h11-20,22-23,26,28,30-31,38,41,47,55-56H,5-10,21,24-25,27,29,51H2,1-4H3,(H,52,59)(H,61,62)/t30?,31-,38-,41+,47+/m1/s1. The number of amides is 2. The van der Waals surface area contributed by atoms with Crippen molar-refractivity contribution in [1.29, 1.82) is 0 Å². The van der Waals surface area contributed by atoms with Crippen molar-refractivity contribution < 1.29 is 44.1 Å². The number of benzene rings is 4. The van der Waals surface area contributed by atoms with Gasteiger partial charge in [0.2, 0.25) is 11.8 Å². The van der Waals surface area contributed by atoms with Crippen LogP contribution in [0.5, 0.6) is 11.5 Å². The molecule has 1 aliphatic rings. The van der Waals surface area contributed by atoms with Crippen LogP contribution < -0.4 is 11.1 Å². The quantitative estimate of drug-likeness (QED) is 0.0658. The van der Waals surface area contributed by atoms with E-state index in [4.69, 9.17) is 5.73 Å². The molecular formula is C50H59N3O9. The molecule has 0 radical (unpaired) electrons. The molecule has 0 aromatic heterocycles. The van der Waals surface area contributed by atoms with E-state index in [-0.39, 0.29) is 79.3 Å². The normalized spacial score (nSPS) is 17.6. The number of ketones is 3. The van der Waals surface area contributed by atoms with Crippen molar-refractivity contribution in [2.75, 3.05) is 13.6 Å². The highest BCUT2D eigenvalue weighted by atomic mass is 16.4. The molecule has 0 saturated carbocycles. The molecular weight excluding hydrogens is 787 g/mol. The van der Waals surface area contributed by atoms with Crippen LogP contribution in [0.3, 0.4) is 0 Å². The smallest absolute Gasteiger partial charge is 0.326 e. The van der Waals surface area contributed by atoms with Crippen molar-refractivity contribution >= 4 is 35.1 Å². The lowest BCUT2D eigenvalue weighted by atomic mass is 9.86. The van der Waals surface area contributed by atoms with Crippen LogP contribution >= 0.6 is 0 Å². The average Bonchev–Trinajstić information content (AvgIpc) is 3.26. The number of unbranched alkanes of at least 4 members (excludes halogenated alkanes) is 1. The predicted molar refractivity (Wildman–Crippen MR) is 237 cm³/mol. The van der Waals surface area contributed by atoms with E-state index in [1.54, 1.807) is 19.1 Å². The lowest BCUT2D eigenvalue weighted by molar-refractivity contribution is -0.144. The highest BCUT2D eigenvalue weighted by Gasteiger charge is 2.36. The highest BCUT2D eigenvalue weighted by Crippen LogP contribution is 2.39. The van der Waals surface area contributed by atoms with Crippen molar-refractivity contribution in [3.05, 3.63) is 107 Å². The number of carbonyl (C=O) groups excluding carboxylic acids is 5. The van der Waals surface area contributed by atoms with Gasteiger partial charge in [0, 0.05) is 67.2 Å². The maximum atomic E-state index is 14.5. The Balaban J connectivity index is 1.33. The van der Waals surface area contributed by atoms with E-state index >= 15 is 0 Å². The summed E-state index contributed by atoms with van der Waals surface area (Å²) < 4.78 is 0. The molecule has 0 saturated heterocycles. The summed E-state index contributed by atoms with van der Waals surface area (Å²) in [5, 5.41) is 34.3. The van der Waals surface area contributed by atoms with Crippen LogP contribution in [0.15, 0.2) is 84.9 Å². The van der Waals surface area contributed by atoms with E-state index in [1.165, 1.54) is 60.8 Å². The van der Waals surface area contributed by atoms with Gasteiger partial charge in [-0.2, -0.15) is 0 Å². The first-order valence-corrected chi connectivity index (χ1v) is 21.5. The van der Waals surface area contributed by atoms with Crippen LogP contribution in [-0.4, -0.2) is 75.0 Å². The first kappa shape index (κ1) is 46.9. The second kappa shape index (κ2) is 21.6. The van der Waals surface area contributed by atoms with Gasteiger partial charge in [-0.3, -0.25) is 24.0 Å². The number of rotatable bonds is 17. The van der Waals surface area contributed by atoms with Gasteiger partial charge in [-0.1, -0.05) is 87.9 Å². The van der Waals surface area contributed by atoms with Crippen LogP contribution in [0.25, 0.3) is 22.3 Å². The molecule has 5 atom stereocenters. The van der Waals surface area contributed by atoms with Crippen LogP contribution in [-0.2, 0) is 36.8 Å². The maximum Gasteiger partial charge on any atom is 0.326 e. The summed E-state index contributed by atoms with van der Waals surface area (Å²) in [6.07, 6.45) is 3.77. The minimum atomic E-state index is -1.35. The van der Waals surface area contributed by atoms with Crippen LogP contribution in [0, 0.1) is 17.8 Å². The lowest BCUT2D eigenvalue weighted by Gasteiger charge is -2.32. The molecule has 6 N–H and O–H groups in total. The maximum absolute atomic E-state index is 14.5. The number of aryl methyl sites for hydroxylation is 1. The number of Topliss-reactive ketones (excluding diaryl/α,β-unsaturated/α-hetero) is 3. The van der Waals surface area contributed by atoms with Crippen molar-refractivity contribution in [3.63, 3.8) is 0 Å². The number of fused-ring (bicyclic) bond motifs is 5. The number of carboxylic acids is 1. The molecule has 1 heterocycles. The van der Waals surface area contributed by atoms with Gasteiger partial charge in [0.25, 0.3) is 0 Å². The number of phenolic OH excluding ortho intramolecular Hbond substituents is 2. The Labute approximate surface area is 363 Å². The van der Waals surface area contributed by atoms with E-state index in [1.807, 2.05) is 12.1 Å². The van der Waals surface area contributed by atoms with Crippen LogP contribution in [0.2, 0.25) is 0 Å². The van der Waals surface area contributed by atoms with Crippen molar-refractivity contribution in [2.24, 2.45) is 23.5 Å². The van der Waals surface area contributed by atoms with Crippen molar-refractivity contribution in [2.45, 2.75) is 97.1 Å². The number of nitrogens with one attached hydrogen (secondary N) is 1. The number of carboxylic acid groups (broad SMARTS) is 1. The summed E-state index contributed by atoms with van der Waals surface area (Å²) >= 11 is 0. The van der Waals surface area contributed by atoms with Gasteiger partial charge in [0.15, 0.2) is 11.6 Å². The fourth-order valence-electron chi connectivity index (χ4n) is 8.03. The molecule has 0 spiro atoms. The zero-order valence-corrected chi connectivity index (χ0v) is 36.1. The summed E-state index contributed by atoms with van der Waals surface area (Å²) in [6, 6.07) is 22.0. The molecule has 1 unspecified atom stereocenters. The Morgan fingerprint density at radius 2 is 1.47 bits per heavy atom. The SMILES string of the molecule is CCCCc1ccc(-c2ccc(C(=O)CCC(C)C(=O)C[C@@H](CCCN)C(=O)N(C)[C@@H]3C(=O)C[C@@H](C)C(=O)N[C@H](C(=O)O)Cc4ccc(O)c(c4)-c4cc3ccc4O)cc2)cc1. The Hall–Kier alpha value is -6.14. The van der Waals surface area contributed by atoms with Gasteiger partial charge in [-0.25, -0.2) is 4.79 Å². The summed E-state index contributed by atoms with van der Waals surface area (Å²) in [7, 11) is 1.44. The lowest BCUT2D eigenvalue weighted by Crippen LogP contribution is -2.45. The molecule has 4 aromatic rings. The van der Waals surface area contributed by atoms with Gasteiger partial charge in [0.1, 0.15) is 29.4 Å². The monoisotopic (exact) mass is 845 g/mol. The summed E-state index contributed by atoms with van der Waals surface area (Å²) in [4.78, 5) is 82.5. The Bertz CT molecular complexity index is 2250. The van der Waals surface area contributed by atoms with Crippen LogP contribution in [0.4, 0.5) is 0 Å². The zero-order chi connectivity index (χ0) is 45.1. The molecule has 2 amide bonds. The largest absolute Gasteiger partial charge is 0.507 e. The minimum Gasteiger partial charge on any atom is -0.507 e. The first-order chi connectivity index (χ1) is 29.6. The third-order valence-electron chi connectivity index (χ3n) is 12.0. The van der Waals surface area contributed by atoms with E-state index in [9.17, 15) is 44.1 Å². The number of hydrogen-bond acceptors (Lipinski definition) is 9. The Morgan fingerprint density at radius 1 is 0.839 bits per heavy atom. The number of hydrogen-bond donors (Lipinski definition) is 5. The minimum absolute atomic E-state index is 0.0938. The van der Waals surface area contributed by atoms with Crippen molar-refractivity contribution in [1.82, 2.24) is 10.2 Å². The zero-order valence-electron chi connectivity index (χ0n) is 36.1. The third-order valence-corrected chi connectivity index (χ3v) is 12.0. The molecule has 12 heteroatoms. The van der Waals surface area contributed by atoms with Crippen molar-refractivity contribution in [3.8, 4) is 33.8 Å². The number of aromatic hydroxyl groups is 2. The fraction of sp³-hybridized carbons (Fsp3) is 0.400. The average molecular weight is 846 g/mol. The van der Waals surface area contributed by atoms with E-state index in [0.29, 0.717) is 23.1 Å². The highest BCUT2D eigenvalue weighted by molar-refractivity contribution is 5.98. The van der Waals surface area contributed by atoms with Gasteiger partial charge in [-0.15, -0.1) is 0 Å². The topological polar surface area (TPSA) is 204 Å². The number of likely N-dealkylation sites (N-methyl/N-ethyl adjacent to an activating group) is 1. The summed E-state index contributed by atoms with van der Waals surface area (Å²) in [6.45, 7) is 5.66. The molecule has 5 rings (SSSR count). The van der Waals surface area contributed by atoms with Crippen LogP contribution in [0.1, 0.15) is 105 Å². The second-order valence-electron chi connectivity index (χ2n) is 16.7. The Morgan fingerprint density at radius 3 is 2.10 bits per heavy atom. The van der Waals surface area contributed by atoms with E-state index in [2.05, 4.69) is 36.5 Å². The van der Waals surface area contributed by atoms with Gasteiger partial charge < -0.3 is 31.3 Å². The van der Waals surface area contributed by atoms with E-state index < -0.39 is 53.4 Å². The molecule has 1 aliphatic heterocycles. The Kier molecular flexibility index (Phi) is 16.3. The van der Waals surface area contributed by atoms with Gasteiger partial charge in [-0.05, 0) is 90.7 Å². The van der Waals surface area contributed by atoms with Gasteiger partial charge >= 0.3 is 5.97 Å². The number of nitrogens with zero attached hydrogens (tertiary/aromatic N) is 1. The number of carbonyl (C=O) groups is 6. The molecule has 0 fully saturated rings. The summed E-state index contributed by atoms with van der Waals surface area (Å²) in [5.41, 5.74) is 10.8. The molecule has 328 valence electrons. The third kappa shape index (κ3) is 11.8. The number of phenols is 2. The van der Waals surface area contributed by atoms with E-state index in [0.717, 1.165) is 30.4 Å².